The monoisotopic (exact) mass is 488 g/mol. The van der Waals surface area contributed by atoms with Gasteiger partial charge < -0.3 is 15.5 Å². The van der Waals surface area contributed by atoms with E-state index in [9.17, 15) is 0 Å². The Morgan fingerprint density at radius 1 is 1.15 bits per heavy atom. The van der Waals surface area contributed by atoms with Crippen molar-refractivity contribution in [1.82, 2.24) is 25.3 Å². The van der Waals surface area contributed by atoms with Gasteiger partial charge >= 0.3 is 0 Å². The predicted octanol–water partition coefficient (Wildman–Crippen LogP) is 3.12. The first-order valence-electron chi connectivity index (χ1n) is 10.4. The number of rotatable bonds is 5. The lowest BCUT2D eigenvalue weighted by Gasteiger charge is -2.36. The van der Waals surface area contributed by atoms with Gasteiger partial charge in [0.05, 0.1) is 12.2 Å². The zero-order chi connectivity index (χ0) is 18.5. The molecule has 2 heterocycles. The van der Waals surface area contributed by atoms with E-state index in [-0.39, 0.29) is 24.0 Å². The van der Waals surface area contributed by atoms with E-state index in [2.05, 4.69) is 41.4 Å². The van der Waals surface area contributed by atoms with Crippen molar-refractivity contribution in [3.05, 3.63) is 17.0 Å². The van der Waals surface area contributed by atoms with Crippen molar-refractivity contribution in [2.75, 3.05) is 19.6 Å². The van der Waals surface area contributed by atoms with Crippen molar-refractivity contribution in [3.63, 3.8) is 0 Å². The van der Waals surface area contributed by atoms with Crippen LogP contribution < -0.4 is 10.6 Å². The Kier molecular flexibility index (Phi) is 8.85. The second kappa shape index (κ2) is 10.6. The highest BCUT2D eigenvalue weighted by molar-refractivity contribution is 14.0. The number of hydrogen-bond donors (Lipinski definition) is 2. The molecule has 3 rings (SSSR count). The number of likely N-dealkylation sites (tertiary alicyclic amines) is 1. The van der Waals surface area contributed by atoms with E-state index >= 15 is 0 Å². The van der Waals surface area contributed by atoms with Gasteiger partial charge in [-0.3, -0.25) is 4.68 Å². The number of nitrogens with zero attached hydrogens (tertiary/aromatic N) is 4. The van der Waals surface area contributed by atoms with E-state index in [1.807, 2.05) is 11.7 Å². The molecular weight excluding hydrogens is 451 g/mol. The quantitative estimate of drug-likeness (QED) is 0.380. The summed E-state index contributed by atoms with van der Waals surface area (Å²) in [7, 11) is 2.00. The Labute approximate surface area is 181 Å². The van der Waals surface area contributed by atoms with Crippen LogP contribution in [0.15, 0.2) is 4.99 Å². The molecule has 1 aliphatic carbocycles. The summed E-state index contributed by atoms with van der Waals surface area (Å²) in [5, 5.41) is 11.6. The third-order valence-corrected chi connectivity index (χ3v) is 6.11. The van der Waals surface area contributed by atoms with Gasteiger partial charge in [0, 0.05) is 50.0 Å². The zero-order valence-electron chi connectivity index (χ0n) is 17.4. The minimum absolute atomic E-state index is 0. The van der Waals surface area contributed by atoms with Crippen LogP contribution in [0.1, 0.15) is 62.4 Å². The van der Waals surface area contributed by atoms with Crippen molar-refractivity contribution in [2.24, 2.45) is 12.0 Å². The Morgan fingerprint density at radius 2 is 1.81 bits per heavy atom. The molecule has 1 aliphatic heterocycles. The van der Waals surface area contributed by atoms with Gasteiger partial charge in [0.15, 0.2) is 5.96 Å². The fourth-order valence-electron chi connectivity index (χ4n) is 4.40. The van der Waals surface area contributed by atoms with Crippen LogP contribution in [0.2, 0.25) is 0 Å². The van der Waals surface area contributed by atoms with Gasteiger partial charge in [-0.15, -0.1) is 24.0 Å². The van der Waals surface area contributed by atoms with Crippen molar-refractivity contribution in [3.8, 4) is 0 Å². The highest BCUT2D eigenvalue weighted by Gasteiger charge is 2.27. The van der Waals surface area contributed by atoms with Crippen molar-refractivity contribution >= 4 is 29.9 Å². The number of guanidine groups is 1. The maximum absolute atomic E-state index is 4.84. The molecule has 2 fully saturated rings. The number of piperidine rings is 1. The van der Waals surface area contributed by atoms with Crippen LogP contribution in [-0.4, -0.2) is 52.4 Å². The van der Waals surface area contributed by atoms with Crippen molar-refractivity contribution in [1.29, 1.82) is 0 Å². The van der Waals surface area contributed by atoms with Gasteiger partial charge in [-0.05, 0) is 46.5 Å². The first kappa shape index (κ1) is 22.5. The lowest BCUT2D eigenvalue weighted by Crippen LogP contribution is -2.50. The van der Waals surface area contributed by atoms with Gasteiger partial charge in [0.1, 0.15) is 0 Å². The second-order valence-corrected chi connectivity index (χ2v) is 7.86. The van der Waals surface area contributed by atoms with Crippen LogP contribution >= 0.6 is 24.0 Å². The largest absolute Gasteiger partial charge is 0.357 e. The maximum Gasteiger partial charge on any atom is 0.191 e. The summed E-state index contributed by atoms with van der Waals surface area (Å²) in [6.07, 6.45) is 8.09. The van der Waals surface area contributed by atoms with Crippen molar-refractivity contribution in [2.45, 2.75) is 77.9 Å². The molecule has 1 saturated heterocycles. The van der Waals surface area contributed by atoms with Gasteiger partial charge in [0.25, 0.3) is 0 Å². The van der Waals surface area contributed by atoms with Crippen LogP contribution in [0.5, 0.6) is 0 Å². The average molecular weight is 488 g/mol. The number of aryl methyl sites for hydroxylation is 2. The standard InChI is InChI=1S/C20H36N6.HI/c1-5-21-20(22-14-19-15(2)24-25(4)16(19)3)23-17-10-12-26(13-11-17)18-8-6-7-9-18;/h17-18H,5-14H2,1-4H3,(H2,21,22,23);1H. The summed E-state index contributed by atoms with van der Waals surface area (Å²) in [4.78, 5) is 7.56. The molecule has 0 spiro atoms. The van der Waals surface area contributed by atoms with Crippen molar-refractivity contribution < 1.29 is 0 Å². The van der Waals surface area contributed by atoms with Gasteiger partial charge in [0.2, 0.25) is 0 Å². The fraction of sp³-hybridized carbons (Fsp3) is 0.800. The Hall–Kier alpha value is -0.830. The summed E-state index contributed by atoms with van der Waals surface area (Å²) in [5.41, 5.74) is 3.52. The van der Waals surface area contributed by atoms with Crippen LogP contribution in [0.4, 0.5) is 0 Å². The van der Waals surface area contributed by atoms with Gasteiger partial charge in [-0.25, -0.2) is 4.99 Å². The molecule has 6 nitrogen and oxygen atoms in total. The second-order valence-electron chi connectivity index (χ2n) is 7.86. The highest BCUT2D eigenvalue weighted by Crippen LogP contribution is 2.26. The first-order valence-corrected chi connectivity index (χ1v) is 10.4. The van der Waals surface area contributed by atoms with E-state index in [4.69, 9.17) is 4.99 Å². The summed E-state index contributed by atoms with van der Waals surface area (Å²) in [6, 6.07) is 1.39. The molecule has 2 aliphatic rings. The third-order valence-electron chi connectivity index (χ3n) is 6.11. The normalized spacial score (nSPS) is 19.9. The lowest BCUT2D eigenvalue weighted by molar-refractivity contribution is 0.150. The predicted molar refractivity (Wildman–Crippen MR) is 123 cm³/mol. The molecule has 27 heavy (non-hydrogen) atoms. The van der Waals surface area contributed by atoms with Gasteiger partial charge in [-0.2, -0.15) is 5.10 Å². The zero-order valence-corrected chi connectivity index (χ0v) is 19.8. The Morgan fingerprint density at radius 3 is 2.37 bits per heavy atom. The molecule has 154 valence electrons. The van der Waals surface area contributed by atoms with Crippen LogP contribution in [0.25, 0.3) is 0 Å². The fourth-order valence-corrected chi connectivity index (χ4v) is 4.40. The molecule has 0 atom stereocenters. The molecular formula is C20H37IN6. The first-order chi connectivity index (χ1) is 12.6. The number of aromatic nitrogens is 2. The van der Waals surface area contributed by atoms with Crippen LogP contribution in [-0.2, 0) is 13.6 Å². The average Bonchev–Trinajstić information content (AvgIpc) is 3.24. The molecule has 1 aromatic rings. The van der Waals surface area contributed by atoms with E-state index in [0.29, 0.717) is 12.6 Å². The number of aliphatic imine (C=N–C) groups is 1. The molecule has 2 N–H and O–H groups in total. The van der Waals surface area contributed by atoms with E-state index < -0.39 is 0 Å². The minimum atomic E-state index is 0. The summed E-state index contributed by atoms with van der Waals surface area (Å²) in [5.74, 6) is 0.939. The van der Waals surface area contributed by atoms with E-state index in [1.165, 1.54) is 62.9 Å². The molecule has 0 amide bonds. The Balaban J connectivity index is 0.00000261. The number of hydrogen-bond acceptors (Lipinski definition) is 3. The maximum atomic E-state index is 4.84. The summed E-state index contributed by atoms with van der Waals surface area (Å²) < 4.78 is 1.94. The highest BCUT2D eigenvalue weighted by atomic mass is 127. The Bertz CT molecular complexity index is 612. The summed E-state index contributed by atoms with van der Waals surface area (Å²) in [6.45, 7) is 10.3. The van der Waals surface area contributed by atoms with Gasteiger partial charge in [-0.1, -0.05) is 12.8 Å². The molecule has 7 heteroatoms. The topological polar surface area (TPSA) is 57.5 Å². The molecule has 0 radical (unpaired) electrons. The number of nitrogens with one attached hydrogen (secondary N) is 2. The van der Waals surface area contributed by atoms with Crippen LogP contribution in [0.3, 0.4) is 0 Å². The van der Waals surface area contributed by atoms with E-state index in [1.54, 1.807) is 0 Å². The molecule has 1 aromatic heterocycles. The smallest absolute Gasteiger partial charge is 0.191 e. The molecule has 0 unspecified atom stereocenters. The minimum Gasteiger partial charge on any atom is -0.357 e. The molecule has 0 bridgehead atoms. The number of halogens is 1. The van der Waals surface area contributed by atoms with Crippen LogP contribution in [0, 0.1) is 13.8 Å². The van der Waals surface area contributed by atoms with E-state index in [0.717, 1.165) is 24.2 Å². The third kappa shape index (κ3) is 5.82. The lowest BCUT2D eigenvalue weighted by atomic mass is 10.0. The molecule has 1 saturated carbocycles. The molecule has 0 aromatic carbocycles. The SMILES string of the molecule is CCNC(=NCc1c(C)nn(C)c1C)NC1CCN(C2CCCC2)CC1.I. The summed E-state index contributed by atoms with van der Waals surface area (Å²) >= 11 is 0.